The number of carbonyl (C=O) groups excluding carboxylic acids is 2. The van der Waals surface area contributed by atoms with Crippen molar-refractivity contribution in [2.24, 2.45) is 5.92 Å². The van der Waals surface area contributed by atoms with Crippen molar-refractivity contribution < 1.29 is 29.3 Å². The lowest BCUT2D eigenvalue weighted by atomic mass is 9.76. The molecule has 0 radical (unpaired) electrons. The van der Waals surface area contributed by atoms with E-state index in [0.717, 1.165) is 37.9 Å². The minimum Gasteiger partial charge on any atom is -0.486 e. The summed E-state index contributed by atoms with van der Waals surface area (Å²) in [4.78, 5) is 30.8. The van der Waals surface area contributed by atoms with Crippen LogP contribution in [0.3, 0.4) is 0 Å². The van der Waals surface area contributed by atoms with Crippen LogP contribution in [0.15, 0.2) is 35.9 Å². The Bertz CT molecular complexity index is 958. The Balaban J connectivity index is 1.46. The number of nitrogens with zero attached hydrogens (tertiary/aromatic N) is 2. The third-order valence-electron chi connectivity index (χ3n) is 7.74. The van der Waals surface area contributed by atoms with Crippen molar-refractivity contribution in [3.05, 3.63) is 41.5 Å². The zero-order chi connectivity index (χ0) is 24.4. The van der Waals surface area contributed by atoms with E-state index in [-0.39, 0.29) is 30.9 Å². The molecule has 1 saturated carbocycles. The molecular formula is C26H35N3O6. The van der Waals surface area contributed by atoms with Gasteiger partial charge in [-0.3, -0.25) is 14.5 Å². The number of hydrogen-bond acceptors (Lipinski definition) is 7. The zero-order valence-electron chi connectivity index (χ0n) is 20.0. The number of morpholine rings is 1. The fraction of sp³-hybridized carbons (Fsp3) is 0.615. The van der Waals surface area contributed by atoms with E-state index in [2.05, 4.69) is 10.2 Å². The van der Waals surface area contributed by atoms with Crippen LogP contribution in [0.25, 0.3) is 0 Å². The van der Waals surface area contributed by atoms with E-state index >= 15 is 0 Å². The number of hydrogen-bond donors (Lipinski definition) is 3. The maximum atomic E-state index is 13.6. The minimum atomic E-state index is -0.976. The summed E-state index contributed by atoms with van der Waals surface area (Å²) >= 11 is 0. The molecule has 1 saturated heterocycles. The highest BCUT2D eigenvalue weighted by atomic mass is 16.5. The van der Waals surface area contributed by atoms with Crippen molar-refractivity contribution in [2.45, 2.75) is 43.4 Å². The van der Waals surface area contributed by atoms with Gasteiger partial charge < -0.3 is 29.9 Å². The van der Waals surface area contributed by atoms with Crippen molar-refractivity contribution >= 4 is 11.8 Å². The molecule has 5 rings (SSSR count). The minimum absolute atomic E-state index is 0.0358. The van der Waals surface area contributed by atoms with Gasteiger partial charge in [-0.1, -0.05) is 24.6 Å². The summed E-state index contributed by atoms with van der Waals surface area (Å²) in [6.45, 7) is 4.08. The van der Waals surface area contributed by atoms with E-state index in [1.807, 2.05) is 24.3 Å². The van der Waals surface area contributed by atoms with Crippen LogP contribution >= 0.6 is 0 Å². The van der Waals surface area contributed by atoms with Gasteiger partial charge in [0, 0.05) is 49.8 Å². The molecule has 4 aliphatic rings. The Kier molecular flexibility index (Phi) is 7.38. The maximum Gasteiger partial charge on any atom is 0.247 e. The molecule has 190 valence electrons. The van der Waals surface area contributed by atoms with Gasteiger partial charge in [0.05, 0.1) is 31.8 Å². The molecule has 4 atom stereocenters. The molecule has 0 spiro atoms. The molecule has 9 heteroatoms. The first-order valence-electron chi connectivity index (χ1n) is 12.7. The van der Waals surface area contributed by atoms with Crippen LogP contribution in [-0.4, -0.2) is 103 Å². The number of ether oxygens (including phenoxy) is 2. The van der Waals surface area contributed by atoms with Crippen molar-refractivity contribution in [1.29, 1.82) is 0 Å². The zero-order valence-corrected chi connectivity index (χ0v) is 20.0. The van der Waals surface area contributed by atoms with Gasteiger partial charge in [0.25, 0.3) is 0 Å². The molecule has 2 fully saturated rings. The maximum absolute atomic E-state index is 13.6. The van der Waals surface area contributed by atoms with E-state index in [1.54, 1.807) is 11.0 Å². The van der Waals surface area contributed by atoms with Crippen molar-refractivity contribution in [1.82, 2.24) is 15.1 Å². The average molecular weight is 486 g/mol. The Morgan fingerprint density at radius 1 is 1.17 bits per heavy atom. The molecule has 4 unspecified atom stereocenters. The molecule has 9 nitrogen and oxygen atoms in total. The number of para-hydroxylation sites is 1. The van der Waals surface area contributed by atoms with Crippen LogP contribution in [0.2, 0.25) is 0 Å². The van der Waals surface area contributed by atoms with Gasteiger partial charge in [-0.2, -0.15) is 0 Å². The Morgan fingerprint density at radius 2 is 1.94 bits per heavy atom. The van der Waals surface area contributed by atoms with Crippen molar-refractivity contribution in [2.75, 3.05) is 52.5 Å². The molecule has 2 heterocycles. The molecule has 0 bridgehead atoms. The second-order valence-electron chi connectivity index (χ2n) is 9.79. The summed E-state index contributed by atoms with van der Waals surface area (Å²) in [6, 6.07) is 6.84. The van der Waals surface area contributed by atoms with Crippen LogP contribution in [0.5, 0.6) is 5.75 Å². The van der Waals surface area contributed by atoms with E-state index < -0.39 is 24.2 Å². The first kappa shape index (κ1) is 24.2. The SMILES string of the molecule is O=C(NCCO)C1=CC(N(CCN2CCOCC2)C(=O)C2CCC2)C(O)C2Oc3ccccc3C12. The lowest BCUT2D eigenvalue weighted by Gasteiger charge is -2.43. The van der Waals surface area contributed by atoms with E-state index in [0.29, 0.717) is 37.6 Å². The van der Waals surface area contributed by atoms with Crippen LogP contribution in [0.4, 0.5) is 0 Å². The summed E-state index contributed by atoms with van der Waals surface area (Å²) in [7, 11) is 0. The van der Waals surface area contributed by atoms with E-state index in [4.69, 9.17) is 9.47 Å². The van der Waals surface area contributed by atoms with Gasteiger partial charge in [-0.15, -0.1) is 0 Å². The quantitative estimate of drug-likeness (QED) is 0.485. The number of amides is 2. The molecule has 2 aliphatic carbocycles. The smallest absolute Gasteiger partial charge is 0.247 e. The lowest BCUT2D eigenvalue weighted by Crippen LogP contribution is -2.58. The topological polar surface area (TPSA) is 112 Å². The summed E-state index contributed by atoms with van der Waals surface area (Å²) in [5, 5.41) is 23.5. The van der Waals surface area contributed by atoms with Gasteiger partial charge >= 0.3 is 0 Å². The van der Waals surface area contributed by atoms with Gasteiger partial charge in [0.1, 0.15) is 18.0 Å². The van der Waals surface area contributed by atoms with Gasteiger partial charge in [-0.25, -0.2) is 0 Å². The first-order chi connectivity index (χ1) is 17.1. The summed E-state index contributed by atoms with van der Waals surface area (Å²) in [6.07, 6.45) is 2.87. The number of rotatable bonds is 8. The molecule has 35 heavy (non-hydrogen) atoms. The number of aliphatic hydroxyl groups is 2. The number of aliphatic hydroxyl groups excluding tert-OH is 2. The fourth-order valence-corrected chi connectivity index (χ4v) is 5.56. The molecule has 0 aromatic heterocycles. The number of benzene rings is 1. The van der Waals surface area contributed by atoms with E-state index in [1.165, 1.54) is 0 Å². The molecule has 3 N–H and O–H groups in total. The first-order valence-corrected chi connectivity index (χ1v) is 12.7. The number of nitrogens with one attached hydrogen (secondary N) is 1. The predicted octanol–water partition coefficient (Wildman–Crippen LogP) is 0.270. The lowest BCUT2D eigenvalue weighted by molar-refractivity contribution is -0.144. The predicted molar refractivity (Wildman–Crippen MR) is 128 cm³/mol. The van der Waals surface area contributed by atoms with E-state index in [9.17, 15) is 19.8 Å². The molecule has 1 aromatic rings. The number of fused-ring (bicyclic) bond motifs is 3. The molecule has 2 aliphatic heterocycles. The Morgan fingerprint density at radius 3 is 2.66 bits per heavy atom. The van der Waals surface area contributed by atoms with Crippen molar-refractivity contribution in [3.63, 3.8) is 0 Å². The normalized spacial score (nSPS) is 28.2. The highest BCUT2D eigenvalue weighted by Gasteiger charge is 2.51. The van der Waals surface area contributed by atoms with Gasteiger partial charge in [0.15, 0.2) is 0 Å². The second-order valence-corrected chi connectivity index (χ2v) is 9.79. The second kappa shape index (κ2) is 10.7. The molecule has 1 aromatic carbocycles. The third-order valence-corrected chi connectivity index (χ3v) is 7.74. The van der Waals surface area contributed by atoms with Crippen molar-refractivity contribution in [3.8, 4) is 5.75 Å². The Hall–Kier alpha value is -2.46. The van der Waals surface area contributed by atoms with Gasteiger partial charge in [0.2, 0.25) is 11.8 Å². The molecular weight excluding hydrogens is 450 g/mol. The van der Waals surface area contributed by atoms with Gasteiger partial charge in [-0.05, 0) is 25.0 Å². The van der Waals surface area contributed by atoms with Crippen LogP contribution < -0.4 is 10.1 Å². The largest absolute Gasteiger partial charge is 0.486 e. The summed E-state index contributed by atoms with van der Waals surface area (Å²) in [5.41, 5.74) is 1.33. The highest BCUT2D eigenvalue weighted by molar-refractivity contribution is 5.96. The van der Waals surface area contributed by atoms with Crippen LogP contribution in [0, 0.1) is 5.92 Å². The monoisotopic (exact) mass is 485 g/mol. The average Bonchev–Trinajstić information content (AvgIpc) is 3.23. The highest BCUT2D eigenvalue weighted by Crippen LogP contribution is 2.47. The fourth-order valence-electron chi connectivity index (χ4n) is 5.56. The standard InChI is InChI=1S/C26H35N3O6/c30-13-8-27-25(32)19-16-20(23(31)24-22(19)18-6-1-2-7-21(18)35-24)29(26(33)17-4-3-5-17)10-9-28-11-14-34-15-12-28/h1-2,6-7,16-17,20,22-24,30-31H,3-5,8-15H2,(H,27,32). The van der Waals surface area contributed by atoms with Crippen LogP contribution in [-0.2, 0) is 14.3 Å². The number of carbonyl (C=O) groups is 2. The summed E-state index contributed by atoms with van der Waals surface area (Å²) in [5.74, 6) is -0.0972. The molecule has 2 amide bonds. The third kappa shape index (κ3) is 4.82. The summed E-state index contributed by atoms with van der Waals surface area (Å²) < 4.78 is 11.6. The Labute approximate surface area is 205 Å². The van der Waals surface area contributed by atoms with Crippen LogP contribution in [0.1, 0.15) is 30.7 Å².